The molecule has 3 heteroatoms. The molecule has 0 spiro atoms. The Kier molecular flexibility index (Phi) is 8.47. The largest absolute Gasteiger partial charge is 2.00 e. The third-order valence-electron chi connectivity index (χ3n) is 0.379. The van der Waals surface area contributed by atoms with Crippen molar-refractivity contribution in [1.82, 2.24) is 0 Å². The van der Waals surface area contributed by atoms with Crippen LogP contribution in [0.1, 0.15) is 0 Å². The summed E-state index contributed by atoms with van der Waals surface area (Å²) in [4.78, 5) is 0. The van der Waals surface area contributed by atoms with Crippen LogP contribution in [0.25, 0.3) is 0 Å². The van der Waals surface area contributed by atoms with E-state index < -0.39 is 8.07 Å². The molecule has 0 atom stereocenters. The molecule has 0 aliphatic heterocycles. The minimum atomic E-state index is -0.861. The van der Waals surface area contributed by atoms with Crippen molar-refractivity contribution in [1.29, 1.82) is 0 Å². The van der Waals surface area contributed by atoms with Gasteiger partial charge in [0.2, 0.25) is 0 Å². The van der Waals surface area contributed by atoms with E-state index in [0.717, 1.165) is 0 Å². The number of furan rings is 1. The zero-order valence-corrected chi connectivity index (χ0v) is 11.5. The molecule has 0 saturated heterocycles. The molecule has 1 heterocycles. The average molecular weight is 220 g/mol. The van der Waals surface area contributed by atoms with Gasteiger partial charge in [0.05, 0.1) is 0 Å². The Morgan fingerprint density at radius 2 is 1.82 bits per heavy atom. The molecule has 1 aromatic heterocycles. The van der Waals surface area contributed by atoms with Crippen LogP contribution in [-0.2, 0) is 19.5 Å². The van der Waals surface area contributed by atoms with Gasteiger partial charge in [-0.3, -0.25) is 0 Å². The van der Waals surface area contributed by atoms with E-state index in [1.807, 2.05) is 0 Å². The number of hydrogen-bond donors (Lipinski definition) is 0. The standard InChI is InChI=1S/C4H3O.C4H11Si.Zn/c1-2-4-5-3-1;1-5(2,3)4;/h1-3H;1H2,2-4H3;/q2*-1;+2. The summed E-state index contributed by atoms with van der Waals surface area (Å²) in [5.41, 5.74) is 0. The summed E-state index contributed by atoms with van der Waals surface area (Å²) in [6, 6.07) is 3.49. The van der Waals surface area contributed by atoms with E-state index in [1.165, 1.54) is 0 Å². The molecular formula is C8H14OSiZn. The van der Waals surface area contributed by atoms with Crippen LogP contribution in [0, 0.1) is 12.8 Å². The average Bonchev–Trinajstić information content (AvgIpc) is 2.07. The summed E-state index contributed by atoms with van der Waals surface area (Å²) in [7, 11) is -0.861. The van der Waals surface area contributed by atoms with Crippen LogP contribution in [0.15, 0.2) is 22.8 Å². The van der Waals surface area contributed by atoms with E-state index in [1.54, 1.807) is 18.4 Å². The van der Waals surface area contributed by atoms with Gasteiger partial charge in [0.25, 0.3) is 0 Å². The second-order valence-corrected chi connectivity index (χ2v) is 8.41. The fraction of sp³-hybridized carbons (Fsp3) is 0.375. The smallest absolute Gasteiger partial charge is 0.599 e. The first-order chi connectivity index (χ1) is 4.50. The van der Waals surface area contributed by atoms with Crippen molar-refractivity contribution in [3.63, 3.8) is 0 Å². The summed E-state index contributed by atoms with van der Waals surface area (Å²) in [6.07, 6.45) is 4.06. The molecule has 0 radical (unpaired) electrons. The number of rotatable bonds is 0. The zero-order chi connectivity index (χ0) is 8.04. The van der Waals surface area contributed by atoms with Gasteiger partial charge >= 0.3 is 19.5 Å². The SMILES string of the molecule is [CH2-][Si](C)(C)C.[Zn+2].[c-]1ccco1. The third-order valence-corrected chi connectivity index (χ3v) is 0.379. The van der Waals surface area contributed by atoms with Gasteiger partial charge in [-0.25, -0.2) is 0 Å². The monoisotopic (exact) mass is 218 g/mol. The minimum Gasteiger partial charge on any atom is -0.599 e. The van der Waals surface area contributed by atoms with E-state index in [9.17, 15) is 0 Å². The fourth-order valence-electron chi connectivity index (χ4n) is 0.196. The van der Waals surface area contributed by atoms with Crippen molar-refractivity contribution in [3.8, 4) is 0 Å². The van der Waals surface area contributed by atoms with Crippen LogP contribution in [0.3, 0.4) is 0 Å². The van der Waals surface area contributed by atoms with Gasteiger partial charge in [-0.05, 0) is 6.26 Å². The van der Waals surface area contributed by atoms with E-state index in [-0.39, 0.29) is 19.5 Å². The maximum atomic E-state index is 4.46. The molecule has 0 aliphatic rings. The molecule has 1 nitrogen and oxygen atoms in total. The maximum Gasteiger partial charge on any atom is 2.00 e. The first-order valence-corrected chi connectivity index (χ1v) is 6.96. The summed E-state index contributed by atoms with van der Waals surface area (Å²) in [6.45, 7) is 10.6. The summed E-state index contributed by atoms with van der Waals surface area (Å²) in [5, 5.41) is 0. The second-order valence-electron chi connectivity index (χ2n) is 3.29. The molecular weight excluding hydrogens is 206 g/mol. The molecule has 1 rings (SSSR count). The van der Waals surface area contributed by atoms with Crippen LogP contribution < -0.4 is 0 Å². The van der Waals surface area contributed by atoms with E-state index in [2.05, 4.69) is 36.9 Å². The van der Waals surface area contributed by atoms with Crippen molar-refractivity contribution in [3.05, 3.63) is 31.2 Å². The molecule has 11 heavy (non-hydrogen) atoms. The quantitative estimate of drug-likeness (QED) is 0.483. The van der Waals surface area contributed by atoms with Gasteiger partial charge in [0, 0.05) is 0 Å². The Morgan fingerprint density at radius 1 is 1.36 bits per heavy atom. The molecule has 0 unspecified atom stereocenters. The van der Waals surface area contributed by atoms with Gasteiger partial charge in [0.15, 0.2) is 0 Å². The van der Waals surface area contributed by atoms with E-state index in [0.29, 0.717) is 0 Å². The molecule has 0 saturated carbocycles. The van der Waals surface area contributed by atoms with Gasteiger partial charge in [-0.15, -0.1) is 14.1 Å². The number of hydrogen-bond acceptors (Lipinski definition) is 1. The van der Waals surface area contributed by atoms with Crippen LogP contribution in [0.5, 0.6) is 0 Å². The zero-order valence-electron chi connectivity index (χ0n) is 7.55. The Balaban J connectivity index is 0. The Morgan fingerprint density at radius 3 is 1.91 bits per heavy atom. The normalized spacial score (nSPS) is 9.09. The van der Waals surface area contributed by atoms with Crippen molar-refractivity contribution >= 4 is 8.07 Å². The molecule has 0 bridgehead atoms. The molecule has 0 amide bonds. The molecule has 1 aromatic rings. The first-order valence-electron chi connectivity index (χ1n) is 3.25. The fourth-order valence-corrected chi connectivity index (χ4v) is 0.196. The molecule has 0 fully saturated rings. The van der Waals surface area contributed by atoms with Gasteiger partial charge < -0.3 is 11.0 Å². The van der Waals surface area contributed by atoms with Crippen LogP contribution in [0.4, 0.5) is 0 Å². The van der Waals surface area contributed by atoms with Crippen molar-refractivity contribution in [2.24, 2.45) is 0 Å². The molecule has 0 N–H and O–H groups in total. The van der Waals surface area contributed by atoms with Crippen LogP contribution >= 0.6 is 0 Å². The van der Waals surface area contributed by atoms with Gasteiger partial charge in [-0.2, -0.15) is 6.07 Å². The Hall–Kier alpha value is 0.120. The van der Waals surface area contributed by atoms with Gasteiger partial charge in [-0.1, -0.05) is 25.9 Å². The Bertz CT molecular complexity index is 120. The summed E-state index contributed by atoms with van der Waals surface area (Å²) >= 11 is 0. The first kappa shape index (κ1) is 13.7. The molecule has 58 valence electrons. The van der Waals surface area contributed by atoms with Crippen LogP contribution in [0.2, 0.25) is 19.6 Å². The Labute approximate surface area is 83.0 Å². The van der Waals surface area contributed by atoms with Crippen molar-refractivity contribution < 1.29 is 23.9 Å². The summed E-state index contributed by atoms with van der Waals surface area (Å²) < 4.78 is 4.46. The maximum absolute atomic E-state index is 4.46. The van der Waals surface area contributed by atoms with Crippen LogP contribution in [-0.4, -0.2) is 8.07 Å². The third kappa shape index (κ3) is 25.5. The topological polar surface area (TPSA) is 13.1 Å². The molecule has 0 aromatic carbocycles. The molecule has 0 aliphatic carbocycles. The minimum absolute atomic E-state index is 0. The van der Waals surface area contributed by atoms with Crippen molar-refractivity contribution in [2.75, 3.05) is 0 Å². The van der Waals surface area contributed by atoms with Crippen molar-refractivity contribution in [2.45, 2.75) is 19.6 Å². The van der Waals surface area contributed by atoms with E-state index in [4.69, 9.17) is 0 Å². The van der Waals surface area contributed by atoms with Gasteiger partial charge in [0.1, 0.15) is 0 Å². The second kappa shape index (κ2) is 6.81. The predicted octanol–water partition coefficient (Wildman–Crippen LogP) is 2.78. The van der Waals surface area contributed by atoms with E-state index >= 15 is 0 Å². The summed E-state index contributed by atoms with van der Waals surface area (Å²) in [5.74, 6) is 0. The predicted molar refractivity (Wildman–Crippen MR) is 46.2 cm³/mol.